The molecular formula is C29H34ClF3N3O3S+. The van der Waals surface area contributed by atoms with Gasteiger partial charge in [0.15, 0.2) is 6.10 Å². The summed E-state index contributed by atoms with van der Waals surface area (Å²) in [6.45, 7) is 3.06. The van der Waals surface area contributed by atoms with Gasteiger partial charge in [-0.2, -0.15) is 18.2 Å². The van der Waals surface area contributed by atoms with Crippen LogP contribution >= 0.6 is 23.7 Å². The largest absolute Gasteiger partial charge is 0.455 e. The SMILES string of the molecule is Cl.O=C(O[C@H]1C[N+]2(Cc3noc(-c4cccc(C(F)(F)F)c4)n3)CCC1CC2)C1(c2cccs2)CCCCCC1. The number of hydrogen-bond donors (Lipinski definition) is 0. The van der Waals surface area contributed by atoms with Crippen LogP contribution in [0.3, 0.4) is 0 Å². The Morgan fingerprint density at radius 3 is 2.52 bits per heavy atom. The van der Waals surface area contributed by atoms with Crippen molar-refractivity contribution in [2.24, 2.45) is 5.92 Å². The number of piperidine rings is 3. The van der Waals surface area contributed by atoms with E-state index in [1.165, 1.54) is 12.1 Å². The number of carbonyl (C=O) groups is 1. The van der Waals surface area contributed by atoms with E-state index in [1.54, 1.807) is 11.3 Å². The molecule has 0 unspecified atom stereocenters. The minimum atomic E-state index is -4.44. The van der Waals surface area contributed by atoms with Gasteiger partial charge in [-0.05, 0) is 42.5 Å². The van der Waals surface area contributed by atoms with Crippen LogP contribution in [0.15, 0.2) is 46.3 Å². The maximum atomic E-state index is 13.9. The number of aromatic nitrogens is 2. The van der Waals surface area contributed by atoms with Crippen molar-refractivity contribution in [3.63, 3.8) is 0 Å². The Labute approximate surface area is 241 Å². The first-order valence-corrected chi connectivity index (χ1v) is 14.7. The third kappa shape index (κ3) is 5.67. The molecule has 3 aromatic rings. The number of ether oxygens (including phenoxy) is 1. The van der Waals surface area contributed by atoms with Crippen molar-refractivity contribution in [1.82, 2.24) is 10.1 Å². The highest BCUT2D eigenvalue weighted by molar-refractivity contribution is 7.10. The molecule has 40 heavy (non-hydrogen) atoms. The number of nitrogens with zero attached hydrogens (tertiary/aromatic N) is 3. The van der Waals surface area contributed by atoms with Gasteiger partial charge in [0.25, 0.3) is 5.89 Å². The summed E-state index contributed by atoms with van der Waals surface area (Å²) in [6, 6.07) is 9.04. The first kappa shape index (κ1) is 29.1. The molecule has 6 nitrogen and oxygen atoms in total. The van der Waals surface area contributed by atoms with E-state index in [0.29, 0.717) is 29.3 Å². The molecule has 1 aliphatic carbocycles. The van der Waals surface area contributed by atoms with E-state index in [0.717, 1.165) is 81.5 Å². The van der Waals surface area contributed by atoms with Crippen LogP contribution in [0.25, 0.3) is 11.5 Å². The standard InChI is InChI=1S/C29H33F3N3O3S.ClH/c30-29(31,32)22-8-5-7-21(17-22)26-33-25(34-38-26)19-35-14-10-20(11-15-35)23(18-35)37-27(36)28(24-9-6-16-39-24)12-3-1-2-4-13-28;/h5-9,16-17,20,23H,1-4,10-15,18-19H2;1H/q+1;/t20?,23-,35?;/m0./s1. The number of fused-ring (bicyclic) bond motifs is 3. The maximum absolute atomic E-state index is 13.9. The van der Waals surface area contributed by atoms with Gasteiger partial charge in [0, 0.05) is 29.2 Å². The second-order valence-corrected chi connectivity index (χ2v) is 12.4. The highest BCUT2D eigenvalue weighted by atomic mass is 35.5. The zero-order chi connectivity index (χ0) is 27.1. The van der Waals surface area contributed by atoms with Crippen molar-refractivity contribution >= 4 is 29.7 Å². The fourth-order valence-electron chi connectivity index (χ4n) is 6.83. The number of benzene rings is 1. The monoisotopic (exact) mass is 596 g/mol. The van der Waals surface area contributed by atoms with E-state index in [9.17, 15) is 18.0 Å². The number of rotatable bonds is 6. The third-order valence-electron chi connectivity index (χ3n) is 9.02. The number of hydrogen-bond acceptors (Lipinski definition) is 6. The number of alkyl halides is 3. The molecule has 2 bridgehead atoms. The molecule has 5 heterocycles. The fraction of sp³-hybridized carbons (Fsp3) is 0.552. The Hall–Kier alpha value is -2.43. The highest BCUT2D eigenvalue weighted by Crippen LogP contribution is 2.44. The molecule has 1 aromatic carbocycles. The summed E-state index contributed by atoms with van der Waals surface area (Å²) in [5.41, 5.74) is -1.05. The van der Waals surface area contributed by atoms with Gasteiger partial charge in [0.1, 0.15) is 18.5 Å². The molecule has 4 aliphatic rings. The van der Waals surface area contributed by atoms with E-state index >= 15 is 0 Å². The maximum Gasteiger partial charge on any atom is 0.416 e. The highest BCUT2D eigenvalue weighted by Gasteiger charge is 2.51. The molecule has 4 fully saturated rings. The predicted octanol–water partition coefficient (Wildman–Crippen LogP) is 7.18. The number of esters is 1. The molecule has 3 saturated heterocycles. The van der Waals surface area contributed by atoms with Gasteiger partial charge in [0.05, 0.1) is 18.7 Å². The quantitative estimate of drug-likeness (QED) is 0.171. The van der Waals surface area contributed by atoms with Crippen molar-refractivity contribution in [3.05, 3.63) is 58.0 Å². The Kier molecular flexibility index (Phi) is 8.32. The van der Waals surface area contributed by atoms with Crippen LogP contribution in [-0.4, -0.2) is 46.3 Å². The average molecular weight is 597 g/mol. The van der Waals surface area contributed by atoms with Gasteiger partial charge in [-0.1, -0.05) is 43.0 Å². The van der Waals surface area contributed by atoms with Gasteiger partial charge in [-0.3, -0.25) is 4.79 Å². The molecule has 0 amide bonds. The smallest absolute Gasteiger partial charge is 0.416 e. The number of carbonyl (C=O) groups excluding carboxylic acids is 1. The van der Waals surface area contributed by atoms with Crippen LogP contribution in [0.4, 0.5) is 13.2 Å². The van der Waals surface area contributed by atoms with Gasteiger partial charge >= 0.3 is 12.1 Å². The second kappa shape index (κ2) is 11.4. The lowest BCUT2D eigenvalue weighted by Crippen LogP contribution is -2.64. The van der Waals surface area contributed by atoms with Crippen LogP contribution in [0, 0.1) is 5.92 Å². The Balaban J connectivity index is 0.00000323. The molecule has 1 atom stereocenters. The number of halogens is 4. The number of thiophene rings is 1. The normalized spacial score (nSPS) is 26.1. The topological polar surface area (TPSA) is 65.2 Å². The van der Waals surface area contributed by atoms with Crippen molar-refractivity contribution in [3.8, 4) is 11.5 Å². The minimum absolute atomic E-state index is 0. The van der Waals surface area contributed by atoms with E-state index in [1.807, 2.05) is 11.4 Å². The van der Waals surface area contributed by atoms with Gasteiger partial charge < -0.3 is 13.7 Å². The molecule has 7 rings (SSSR count). The fourth-order valence-corrected chi connectivity index (χ4v) is 7.80. The van der Waals surface area contributed by atoms with Gasteiger partial charge in [-0.15, -0.1) is 23.7 Å². The molecule has 11 heteroatoms. The summed E-state index contributed by atoms with van der Waals surface area (Å²) in [7, 11) is 0. The zero-order valence-corrected chi connectivity index (χ0v) is 23.8. The first-order chi connectivity index (χ1) is 18.8. The first-order valence-electron chi connectivity index (χ1n) is 13.9. The third-order valence-corrected chi connectivity index (χ3v) is 10.1. The van der Waals surface area contributed by atoms with Crippen molar-refractivity contribution in [2.45, 2.75) is 75.6 Å². The predicted molar refractivity (Wildman–Crippen MR) is 147 cm³/mol. The second-order valence-electron chi connectivity index (χ2n) is 11.5. The van der Waals surface area contributed by atoms with Crippen LogP contribution < -0.4 is 0 Å². The summed E-state index contributed by atoms with van der Waals surface area (Å²) < 4.78 is 52.0. The molecule has 3 aliphatic heterocycles. The Morgan fingerprint density at radius 2 is 1.85 bits per heavy atom. The minimum Gasteiger partial charge on any atom is -0.455 e. The van der Waals surface area contributed by atoms with Crippen molar-refractivity contribution in [1.29, 1.82) is 0 Å². The molecule has 0 spiro atoms. The summed E-state index contributed by atoms with van der Waals surface area (Å²) >= 11 is 1.65. The van der Waals surface area contributed by atoms with Crippen molar-refractivity contribution in [2.75, 3.05) is 19.6 Å². The Morgan fingerprint density at radius 1 is 1.10 bits per heavy atom. The van der Waals surface area contributed by atoms with Crippen molar-refractivity contribution < 1.29 is 31.7 Å². The van der Waals surface area contributed by atoms with Crippen LogP contribution in [0.1, 0.15) is 67.6 Å². The lowest BCUT2D eigenvalue weighted by molar-refractivity contribution is -0.958. The Bertz CT molecular complexity index is 1300. The zero-order valence-electron chi connectivity index (χ0n) is 22.2. The summed E-state index contributed by atoms with van der Waals surface area (Å²) in [6.07, 6.45) is 3.37. The van der Waals surface area contributed by atoms with Gasteiger partial charge in [-0.25, -0.2) is 0 Å². The molecule has 0 N–H and O–H groups in total. The molecule has 1 saturated carbocycles. The summed E-state index contributed by atoms with van der Waals surface area (Å²) in [5.74, 6) is 0.822. The number of quaternary nitrogens is 1. The lowest BCUT2D eigenvalue weighted by atomic mass is 9.78. The van der Waals surface area contributed by atoms with E-state index in [4.69, 9.17) is 9.26 Å². The summed E-state index contributed by atoms with van der Waals surface area (Å²) in [5, 5.41) is 6.16. The van der Waals surface area contributed by atoms with Crippen LogP contribution in [-0.2, 0) is 27.7 Å². The van der Waals surface area contributed by atoms with Gasteiger partial charge in [0.2, 0.25) is 5.82 Å². The van der Waals surface area contributed by atoms with E-state index in [-0.39, 0.29) is 35.9 Å². The van der Waals surface area contributed by atoms with Crippen LogP contribution in [0.2, 0.25) is 0 Å². The molecule has 0 radical (unpaired) electrons. The average Bonchev–Trinajstić information content (AvgIpc) is 3.57. The lowest BCUT2D eigenvalue weighted by Gasteiger charge is -2.51. The molecule has 216 valence electrons. The molecule has 2 aromatic heterocycles. The van der Waals surface area contributed by atoms with E-state index in [2.05, 4.69) is 16.2 Å². The molecular weight excluding hydrogens is 563 g/mol. The summed E-state index contributed by atoms with van der Waals surface area (Å²) in [4.78, 5) is 19.5. The van der Waals surface area contributed by atoms with E-state index < -0.39 is 17.2 Å². The van der Waals surface area contributed by atoms with Crippen LogP contribution in [0.5, 0.6) is 0 Å².